The molecule has 1 amide bonds. The number of nitrogens with zero attached hydrogens (tertiary/aromatic N) is 2. The van der Waals surface area contributed by atoms with Crippen molar-refractivity contribution in [1.29, 1.82) is 0 Å². The van der Waals surface area contributed by atoms with Crippen molar-refractivity contribution in [3.05, 3.63) is 78.1 Å². The van der Waals surface area contributed by atoms with Crippen LogP contribution in [0.15, 0.2) is 71.9 Å². The number of hydrogen-bond donors (Lipinski definition) is 2. The van der Waals surface area contributed by atoms with Gasteiger partial charge in [-0.15, -0.1) is 6.42 Å². The van der Waals surface area contributed by atoms with Gasteiger partial charge in [0, 0.05) is 36.9 Å². The molecule has 1 aliphatic heterocycles. The molecule has 0 aliphatic carbocycles. The Balaban J connectivity index is 0.000000267. The lowest BCUT2D eigenvalue weighted by atomic mass is 10.2. The molecule has 41 heavy (non-hydrogen) atoms. The second-order valence-electron chi connectivity index (χ2n) is 8.50. The van der Waals surface area contributed by atoms with Crippen LogP contribution in [-0.2, 0) is 19.5 Å². The summed E-state index contributed by atoms with van der Waals surface area (Å²) >= 11 is 0. The number of ether oxygens (including phenoxy) is 4. The highest BCUT2D eigenvalue weighted by Gasteiger charge is 2.31. The molecule has 2 N–H and O–H groups in total. The van der Waals surface area contributed by atoms with Gasteiger partial charge >= 0.3 is 0 Å². The standard InChI is InChI=1S/C22H23N3O4.C7H5NO3S/c1-4-16-6-5-7-17(12-16)25-22-18-13-20(28-10-8-26-2)21(29-11-9-27-3)14-19(18)23-15-24-22;9-7-5-3-1-2-4-6(5)12(10,11)8-7/h1,5-7,12-15H,8-11H2,2-3H3,(H,23,24,25);1-4H,(H,8,9). The molecule has 12 heteroatoms. The second kappa shape index (κ2) is 13.6. The highest BCUT2D eigenvalue weighted by atomic mass is 32.2. The van der Waals surface area contributed by atoms with E-state index in [-0.39, 0.29) is 10.5 Å². The fourth-order valence-electron chi connectivity index (χ4n) is 3.80. The van der Waals surface area contributed by atoms with Gasteiger partial charge in [0.2, 0.25) is 0 Å². The first-order chi connectivity index (χ1) is 19.9. The molecule has 3 aromatic carbocycles. The number of sulfonamides is 1. The predicted octanol–water partition coefficient (Wildman–Crippen LogP) is 3.52. The minimum atomic E-state index is -3.55. The molecular weight excluding hydrogens is 548 g/mol. The SMILES string of the molecule is C#Cc1cccc(Nc2ncnc3cc(OCCOC)c(OCCOC)cc23)c1.O=C1NS(=O)(=O)c2ccccc21. The molecule has 0 fully saturated rings. The number of carbonyl (C=O) groups excluding carboxylic acids is 1. The predicted molar refractivity (Wildman–Crippen MR) is 153 cm³/mol. The van der Waals surface area contributed by atoms with Gasteiger partial charge in [-0.25, -0.2) is 23.1 Å². The maximum Gasteiger partial charge on any atom is 0.266 e. The van der Waals surface area contributed by atoms with Crippen molar-refractivity contribution < 1.29 is 32.2 Å². The van der Waals surface area contributed by atoms with Gasteiger partial charge in [0.15, 0.2) is 11.5 Å². The summed E-state index contributed by atoms with van der Waals surface area (Å²) in [5.74, 6) is 3.89. The van der Waals surface area contributed by atoms with Crippen LogP contribution < -0.4 is 19.5 Å². The Bertz CT molecular complexity index is 1690. The summed E-state index contributed by atoms with van der Waals surface area (Å²) in [5.41, 5.74) is 2.56. The van der Waals surface area contributed by atoms with Gasteiger partial charge in [0.1, 0.15) is 30.3 Å². The number of anilines is 2. The number of nitrogens with one attached hydrogen (secondary N) is 2. The van der Waals surface area contributed by atoms with Crippen molar-refractivity contribution in [1.82, 2.24) is 14.7 Å². The molecule has 1 aromatic heterocycles. The third-order valence-electron chi connectivity index (χ3n) is 5.73. The zero-order chi connectivity index (χ0) is 29.2. The van der Waals surface area contributed by atoms with Crippen LogP contribution >= 0.6 is 0 Å². The summed E-state index contributed by atoms with van der Waals surface area (Å²) < 4.78 is 46.0. The summed E-state index contributed by atoms with van der Waals surface area (Å²) in [5, 5.41) is 4.10. The van der Waals surface area contributed by atoms with Gasteiger partial charge in [0.05, 0.1) is 24.3 Å². The first-order valence-corrected chi connectivity index (χ1v) is 13.9. The Kier molecular flexibility index (Phi) is 9.70. The van der Waals surface area contributed by atoms with Crippen LogP contribution in [0, 0.1) is 12.3 Å². The van der Waals surface area contributed by atoms with Gasteiger partial charge in [-0.1, -0.05) is 24.1 Å². The minimum absolute atomic E-state index is 0.0648. The number of amides is 1. The maximum absolute atomic E-state index is 11.1. The van der Waals surface area contributed by atoms with Gasteiger partial charge in [-0.2, -0.15) is 0 Å². The van der Waals surface area contributed by atoms with Gasteiger partial charge in [-0.05, 0) is 36.4 Å². The monoisotopic (exact) mass is 576 g/mol. The lowest BCUT2D eigenvalue weighted by molar-refractivity contribution is 0.0985. The Morgan fingerprint density at radius 3 is 2.29 bits per heavy atom. The number of terminal acetylenes is 1. The Labute approximate surface area is 237 Å². The Morgan fingerprint density at radius 1 is 0.902 bits per heavy atom. The molecule has 0 bridgehead atoms. The first kappa shape index (κ1) is 29.3. The molecule has 0 spiro atoms. The van der Waals surface area contributed by atoms with E-state index in [9.17, 15) is 13.2 Å². The lowest BCUT2D eigenvalue weighted by Gasteiger charge is -2.15. The number of methoxy groups -OCH3 is 2. The average Bonchev–Trinajstić information content (AvgIpc) is 3.22. The number of fused-ring (bicyclic) bond motifs is 2. The first-order valence-electron chi connectivity index (χ1n) is 12.4. The van der Waals surface area contributed by atoms with E-state index < -0.39 is 15.9 Å². The molecule has 1 aliphatic rings. The third-order valence-corrected chi connectivity index (χ3v) is 7.12. The third kappa shape index (κ3) is 7.29. The van der Waals surface area contributed by atoms with Gasteiger partial charge in [0.25, 0.3) is 15.9 Å². The Hall–Kier alpha value is -4.70. The van der Waals surface area contributed by atoms with Crippen LogP contribution in [0.5, 0.6) is 11.5 Å². The number of rotatable bonds is 10. The normalized spacial score (nSPS) is 12.9. The van der Waals surface area contributed by atoms with Crippen molar-refractivity contribution in [2.45, 2.75) is 4.90 Å². The number of carbonyl (C=O) groups is 1. The summed E-state index contributed by atoms with van der Waals surface area (Å²) in [6.07, 6.45) is 6.99. The smallest absolute Gasteiger partial charge is 0.266 e. The molecule has 0 unspecified atom stereocenters. The molecule has 0 atom stereocenters. The van der Waals surface area contributed by atoms with Gasteiger partial charge in [-0.3, -0.25) is 4.79 Å². The fraction of sp³-hybridized carbons (Fsp3) is 0.207. The Morgan fingerprint density at radius 2 is 1.61 bits per heavy atom. The van der Waals surface area contributed by atoms with Crippen molar-refractivity contribution >= 4 is 38.3 Å². The fourth-order valence-corrected chi connectivity index (χ4v) is 4.98. The van der Waals surface area contributed by atoms with Crippen molar-refractivity contribution in [3.63, 3.8) is 0 Å². The van der Waals surface area contributed by atoms with E-state index in [0.29, 0.717) is 43.7 Å². The van der Waals surface area contributed by atoms with Crippen LogP contribution in [0.25, 0.3) is 10.9 Å². The summed E-state index contributed by atoms with van der Waals surface area (Å²) in [6.45, 7) is 1.73. The highest BCUT2D eigenvalue weighted by Crippen LogP contribution is 2.35. The van der Waals surface area contributed by atoms with E-state index >= 15 is 0 Å². The van der Waals surface area contributed by atoms with Crippen LogP contribution in [-0.4, -0.2) is 64.9 Å². The van der Waals surface area contributed by atoms with Crippen molar-refractivity contribution in [2.24, 2.45) is 0 Å². The molecule has 2 heterocycles. The van der Waals surface area contributed by atoms with Crippen LogP contribution in [0.4, 0.5) is 11.5 Å². The average molecular weight is 577 g/mol. The molecule has 212 valence electrons. The lowest BCUT2D eigenvalue weighted by Crippen LogP contribution is -2.20. The van der Waals surface area contributed by atoms with Crippen molar-refractivity contribution in [3.8, 4) is 23.8 Å². The van der Waals surface area contributed by atoms with Crippen LogP contribution in [0.3, 0.4) is 0 Å². The molecule has 0 saturated carbocycles. The van der Waals surface area contributed by atoms with Gasteiger partial charge < -0.3 is 24.3 Å². The topological polar surface area (TPSA) is 138 Å². The summed E-state index contributed by atoms with van der Waals surface area (Å²) in [7, 11) is -0.304. The summed E-state index contributed by atoms with van der Waals surface area (Å²) in [4.78, 5) is 19.8. The van der Waals surface area contributed by atoms with Crippen molar-refractivity contribution in [2.75, 3.05) is 46.0 Å². The molecule has 4 aromatic rings. The molecule has 5 rings (SSSR count). The van der Waals surface area contributed by atoms with Crippen LogP contribution in [0.1, 0.15) is 15.9 Å². The maximum atomic E-state index is 11.1. The number of aromatic nitrogens is 2. The number of benzene rings is 3. The summed E-state index contributed by atoms with van der Waals surface area (Å²) in [6, 6.07) is 17.3. The van der Waals surface area contributed by atoms with E-state index in [2.05, 4.69) is 21.2 Å². The molecule has 11 nitrogen and oxygen atoms in total. The molecule has 0 saturated heterocycles. The minimum Gasteiger partial charge on any atom is -0.487 e. The van der Waals surface area contributed by atoms with Crippen LogP contribution in [0.2, 0.25) is 0 Å². The highest BCUT2D eigenvalue weighted by molar-refractivity contribution is 7.90. The molecular formula is C29H28N4O7S. The van der Waals surface area contributed by atoms with E-state index in [1.807, 2.05) is 41.1 Å². The van der Waals surface area contributed by atoms with E-state index in [0.717, 1.165) is 22.2 Å². The quantitative estimate of drug-likeness (QED) is 0.213. The van der Waals surface area contributed by atoms with E-state index in [1.165, 1.54) is 18.5 Å². The zero-order valence-electron chi connectivity index (χ0n) is 22.4. The molecule has 0 radical (unpaired) electrons. The van der Waals surface area contributed by atoms with E-state index in [4.69, 9.17) is 25.4 Å². The number of hydrogen-bond acceptors (Lipinski definition) is 10. The second-order valence-corrected chi connectivity index (χ2v) is 10.2. The zero-order valence-corrected chi connectivity index (χ0v) is 23.2. The largest absolute Gasteiger partial charge is 0.487 e. The van der Waals surface area contributed by atoms with E-state index in [1.54, 1.807) is 26.4 Å².